The van der Waals surface area contributed by atoms with Gasteiger partial charge in [-0.2, -0.15) is 0 Å². The molecule has 0 aliphatic carbocycles. The van der Waals surface area contributed by atoms with Crippen LogP contribution in [0.15, 0.2) is 18.2 Å². The number of anilines is 1. The largest absolute Gasteiger partial charge is 0.372 e. The number of halogens is 1. The number of likely N-dealkylation sites (tertiary alicyclic amines) is 1. The van der Waals surface area contributed by atoms with Crippen LogP contribution in [0.25, 0.3) is 0 Å². The molecule has 3 nitrogen and oxygen atoms in total. The topological polar surface area (TPSA) is 32.5 Å². The first-order chi connectivity index (χ1) is 10.0. The molecule has 4 heteroatoms. The summed E-state index contributed by atoms with van der Waals surface area (Å²) in [5, 5.41) is 0.830. The van der Waals surface area contributed by atoms with Gasteiger partial charge in [0.25, 0.3) is 0 Å². The highest BCUT2D eigenvalue weighted by Gasteiger charge is 2.24. The number of nitrogens with zero attached hydrogens (tertiary/aromatic N) is 2. The Morgan fingerprint density at radius 2 is 2.24 bits per heavy atom. The van der Waals surface area contributed by atoms with Crippen molar-refractivity contribution in [2.75, 3.05) is 31.6 Å². The normalized spacial score (nSPS) is 20.7. The maximum atomic E-state index is 6.47. The highest BCUT2D eigenvalue weighted by Crippen LogP contribution is 2.28. The van der Waals surface area contributed by atoms with Crippen LogP contribution in [0.4, 0.5) is 5.69 Å². The Morgan fingerprint density at radius 3 is 2.86 bits per heavy atom. The lowest BCUT2D eigenvalue weighted by atomic mass is 10.1. The van der Waals surface area contributed by atoms with E-state index in [2.05, 4.69) is 42.0 Å². The Bertz CT molecular complexity index is 461. The fourth-order valence-electron chi connectivity index (χ4n) is 3.29. The predicted octanol–water partition coefficient (Wildman–Crippen LogP) is 3.15. The average molecular weight is 310 g/mol. The van der Waals surface area contributed by atoms with Gasteiger partial charge in [0, 0.05) is 25.7 Å². The van der Waals surface area contributed by atoms with E-state index in [1.165, 1.54) is 24.9 Å². The molecule has 1 aliphatic heterocycles. The van der Waals surface area contributed by atoms with Crippen molar-refractivity contribution in [2.45, 2.75) is 45.2 Å². The van der Waals surface area contributed by atoms with E-state index in [9.17, 15) is 0 Å². The first-order valence-corrected chi connectivity index (χ1v) is 8.38. The zero-order chi connectivity index (χ0) is 15.4. The smallest absolute Gasteiger partial charge is 0.0642 e. The highest BCUT2D eigenvalue weighted by molar-refractivity contribution is 6.33. The average Bonchev–Trinajstić information content (AvgIpc) is 2.85. The molecule has 1 heterocycles. The van der Waals surface area contributed by atoms with Crippen molar-refractivity contribution >= 4 is 17.3 Å². The van der Waals surface area contributed by atoms with Crippen LogP contribution in [0, 0.1) is 0 Å². The molecule has 21 heavy (non-hydrogen) atoms. The van der Waals surface area contributed by atoms with Gasteiger partial charge in [-0.1, -0.05) is 24.6 Å². The molecule has 0 saturated carbocycles. The lowest BCUT2D eigenvalue weighted by molar-refractivity contribution is 0.270. The minimum atomic E-state index is 0.168. The molecule has 0 aromatic heterocycles. The lowest BCUT2D eigenvalue weighted by Gasteiger charge is -2.29. The summed E-state index contributed by atoms with van der Waals surface area (Å²) in [5.41, 5.74) is 8.18. The Hall–Kier alpha value is -0.770. The molecule has 2 atom stereocenters. The molecule has 1 saturated heterocycles. The van der Waals surface area contributed by atoms with Gasteiger partial charge in [-0.3, -0.25) is 4.90 Å². The highest BCUT2D eigenvalue weighted by atomic mass is 35.5. The molecule has 0 bridgehead atoms. The van der Waals surface area contributed by atoms with E-state index in [1.54, 1.807) is 0 Å². The summed E-state index contributed by atoms with van der Waals surface area (Å²) in [7, 11) is 2.14. The van der Waals surface area contributed by atoms with Crippen LogP contribution in [0.5, 0.6) is 0 Å². The van der Waals surface area contributed by atoms with Crippen molar-refractivity contribution in [1.29, 1.82) is 0 Å². The first kappa shape index (κ1) is 16.6. The van der Waals surface area contributed by atoms with E-state index >= 15 is 0 Å². The van der Waals surface area contributed by atoms with Crippen molar-refractivity contribution in [2.24, 2.45) is 5.73 Å². The van der Waals surface area contributed by atoms with E-state index in [-0.39, 0.29) is 6.04 Å². The number of rotatable bonds is 6. The van der Waals surface area contributed by atoms with Crippen LogP contribution < -0.4 is 10.6 Å². The van der Waals surface area contributed by atoms with Gasteiger partial charge in [0.05, 0.1) is 10.7 Å². The van der Waals surface area contributed by atoms with E-state index in [1.807, 2.05) is 6.92 Å². The summed E-state index contributed by atoms with van der Waals surface area (Å²) in [5.74, 6) is 0. The monoisotopic (exact) mass is 309 g/mol. The second-order valence-electron chi connectivity index (χ2n) is 6.27. The number of hydrogen-bond acceptors (Lipinski definition) is 3. The Kier molecular flexibility index (Phi) is 5.91. The van der Waals surface area contributed by atoms with Crippen molar-refractivity contribution in [1.82, 2.24) is 4.90 Å². The van der Waals surface area contributed by atoms with Gasteiger partial charge < -0.3 is 10.6 Å². The molecule has 1 aromatic rings. The van der Waals surface area contributed by atoms with Gasteiger partial charge >= 0.3 is 0 Å². The molecule has 0 amide bonds. The summed E-state index contributed by atoms with van der Waals surface area (Å²) in [6, 6.07) is 7.16. The summed E-state index contributed by atoms with van der Waals surface area (Å²) in [4.78, 5) is 4.85. The number of benzene rings is 1. The summed E-state index contributed by atoms with van der Waals surface area (Å²) >= 11 is 6.47. The Morgan fingerprint density at radius 1 is 1.48 bits per heavy atom. The Labute approximate surface area is 134 Å². The van der Waals surface area contributed by atoms with Gasteiger partial charge in [0.2, 0.25) is 0 Å². The van der Waals surface area contributed by atoms with Gasteiger partial charge in [0.15, 0.2) is 0 Å². The van der Waals surface area contributed by atoms with Crippen LogP contribution in [0.3, 0.4) is 0 Å². The fourth-order valence-corrected chi connectivity index (χ4v) is 3.64. The minimum absolute atomic E-state index is 0.168. The van der Waals surface area contributed by atoms with Crippen molar-refractivity contribution in [3.63, 3.8) is 0 Å². The summed E-state index contributed by atoms with van der Waals surface area (Å²) in [6.45, 7) is 7.68. The minimum Gasteiger partial charge on any atom is -0.372 e. The van der Waals surface area contributed by atoms with Crippen LogP contribution in [0.2, 0.25) is 5.02 Å². The molecule has 0 spiro atoms. The first-order valence-electron chi connectivity index (χ1n) is 8.00. The molecule has 2 rings (SSSR count). The second kappa shape index (κ2) is 7.48. The van der Waals surface area contributed by atoms with Crippen LogP contribution in [-0.2, 0) is 6.42 Å². The molecular formula is C17H28ClN3. The maximum Gasteiger partial charge on any atom is 0.0642 e. The van der Waals surface area contributed by atoms with Crippen molar-refractivity contribution in [3.8, 4) is 0 Å². The number of likely N-dealkylation sites (N-methyl/N-ethyl adjacent to an activating group) is 2. The van der Waals surface area contributed by atoms with E-state index in [4.69, 9.17) is 17.3 Å². The number of hydrogen-bond donors (Lipinski definition) is 1. The van der Waals surface area contributed by atoms with Gasteiger partial charge in [0.1, 0.15) is 0 Å². The molecule has 118 valence electrons. The third-order valence-electron chi connectivity index (χ3n) is 4.37. The Balaban J connectivity index is 2.03. The maximum absolute atomic E-state index is 6.47. The van der Waals surface area contributed by atoms with E-state index < -0.39 is 0 Å². The van der Waals surface area contributed by atoms with Crippen LogP contribution in [-0.4, -0.2) is 43.7 Å². The molecule has 1 aliphatic rings. The molecule has 1 aromatic carbocycles. The summed E-state index contributed by atoms with van der Waals surface area (Å²) < 4.78 is 0. The molecule has 2 unspecified atom stereocenters. The molecule has 2 N–H and O–H groups in total. The van der Waals surface area contributed by atoms with Gasteiger partial charge in [-0.05, 0) is 57.0 Å². The van der Waals surface area contributed by atoms with Crippen molar-refractivity contribution in [3.05, 3.63) is 28.8 Å². The molecule has 1 fully saturated rings. The quantitative estimate of drug-likeness (QED) is 0.876. The molecule has 0 radical (unpaired) electrons. The van der Waals surface area contributed by atoms with Crippen LogP contribution in [0.1, 0.15) is 32.3 Å². The van der Waals surface area contributed by atoms with E-state index in [0.717, 1.165) is 30.2 Å². The zero-order valence-electron chi connectivity index (χ0n) is 13.5. The van der Waals surface area contributed by atoms with Gasteiger partial charge in [-0.25, -0.2) is 0 Å². The molecular weight excluding hydrogens is 282 g/mol. The van der Waals surface area contributed by atoms with Crippen molar-refractivity contribution < 1.29 is 0 Å². The van der Waals surface area contributed by atoms with E-state index in [0.29, 0.717) is 6.04 Å². The SMILES string of the molecule is CCN1CCCC1CN(C)c1ccc(CC(C)N)cc1Cl. The third-order valence-corrected chi connectivity index (χ3v) is 4.67. The second-order valence-corrected chi connectivity index (χ2v) is 6.68. The van der Waals surface area contributed by atoms with Crippen LogP contribution >= 0.6 is 11.6 Å². The summed E-state index contributed by atoms with van der Waals surface area (Å²) in [6.07, 6.45) is 3.47. The van der Waals surface area contributed by atoms with Gasteiger partial charge in [-0.15, -0.1) is 0 Å². The third kappa shape index (κ3) is 4.35. The fraction of sp³-hybridized carbons (Fsp3) is 0.647. The standard InChI is InChI=1S/C17H28ClN3/c1-4-21-9-5-6-15(21)12-20(3)17-8-7-14(10-13(2)19)11-16(17)18/h7-8,11,13,15H,4-6,9-10,12,19H2,1-3H3. The zero-order valence-corrected chi connectivity index (χ0v) is 14.2. The number of nitrogens with two attached hydrogens (primary N) is 1. The lowest BCUT2D eigenvalue weighted by Crippen LogP contribution is -2.38. The predicted molar refractivity (Wildman–Crippen MR) is 92.3 cm³/mol.